The van der Waals surface area contributed by atoms with Crippen LogP contribution in [-0.4, -0.2) is 4.92 Å². The van der Waals surface area contributed by atoms with E-state index >= 15 is 0 Å². The Labute approximate surface area is 111 Å². The van der Waals surface area contributed by atoms with Gasteiger partial charge < -0.3 is 0 Å². The Morgan fingerprint density at radius 3 is 2.37 bits per heavy atom. The van der Waals surface area contributed by atoms with Gasteiger partial charge >= 0.3 is 0 Å². The van der Waals surface area contributed by atoms with Crippen LogP contribution in [-0.2, 0) is 5.41 Å². The molecule has 0 aromatic heterocycles. The van der Waals surface area contributed by atoms with E-state index < -0.39 is 15.8 Å². The van der Waals surface area contributed by atoms with E-state index in [2.05, 4.69) is 6.58 Å². The normalized spacial score (nSPS) is 13.7. The Balaban J connectivity index is 3.52. The van der Waals surface area contributed by atoms with Crippen LogP contribution in [0.2, 0.25) is 0 Å². The molecule has 0 saturated heterocycles. The lowest BCUT2D eigenvalue weighted by molar-refractivity contribution is -0.385. The van der Waals surface area contributed by atoms with Crippen molar-refractivity contribution in [2.75, 3.05) is 0 Å². The molecule has 5 heteroatoms. The van der Waals surface area contributed by atoms with E-state index in [9.17, 15) is 20.6 Å². The number of nitriles is 2. The molecule has 0 N–H and O–H groups in total. The van der Waals surface area contributed by atoms with E-state index in [1.54, 1.807) is 13.0 Å². The molecule has 1 atom stereocenters. The molecule has 0 aliphatic carbocycles. The lowest BCUT2D eigenvalue weighted by Gasteiger charge is -2.34. The van der Waals surface area contributed by atoms with Crippen LogP contribution < -0.4 is 0 Å². The fourth-order valence-corrected chi connectivity index (χ4v) is 1.81. The summed E-state index contributed by atoms with van der Waals surface area (Å²) in [4.78, 5) is 10.3. The molecule has 0 bridgehead atoms. The van der Waals surface area contributed by atoms with Gasteiger partial charge in [0.05, 0.1) is 17.1 Å². The highest BCUT2D eigenvalue weighted by atomic mass is 16.6. The van der Waals surface area contributed by atoms with Crippen LogP contribution >= 0.6 is 0 Å². The average molecular weight is 255 g/mol. The van der Waals surface area contributed by atoms with Crippen molar-refractivity contribution in [1.29, 1.82) is 10.5 Å². The van der Waals surface area contributed by atoms with Gasteiger partial charge in [-0.3, -0.25) is 10.1 Å². The van der Waals surface area contributed by atoms with Crippen LogP contribution in [0, 0.1) is 38.2 Å². The zero-order valence-corrected chi connectivity index (χ0v) is 10.8. The molecule has 0 aliphatic rings. The maximum Gasteiger partial charge on any atom is 0.269 e. The summed E-state index contributed by atoms with van der Waals surface area (Å²) >= 11 is 0. The number of nitro benzene ring substituents is 1. The summed E-state index contributed by atoms with van der Waals surface area (Å²) in [6.45, 7) is 6.84. The van der Waals surface area contributed by atoms with Gasteiger partial charge in [-0.2, -0.15) is 10.5 Å². The molecule has 0 aliphatic heterocycles. The minimum Gasteiger partial charge on any atom is -0.258 e. The van der Waals surface area contributed by atoms with E-state index in [-0.39, 0.29) is 5.69 Å². The Hall–Kier alpha value is -2.66. The zero-order valence-electron chi connectivity index (χ0n) is 10.8. The number of nitro groups is 1. The number of allylic oxidation sites excluding steroid dienone is 1. The van der Waals surface area contributed by atoms with E-state index in [1.165, 1.54) is 31.2 Å². The Bertz CT molecular complexity index is 596. The predicted molar refractivity (Wildman–Crippen MR) is 70.0 cm³/mol. The summed E-state index contributed by atoms with van der Waals surface area (Å²) in [6, 6.07) is 9.85. The molecule has 1 rings (SSSR count). The number of hydrogen-bond acceptors (Lipinski definition) is 4. The summed E-state index contributed by atoms with van der Waals surface area (Å²) in [7, 11) is 0. The molecule has 19 heavy (non-hydrogen) atoms. The average Bonchev–Trinajstić information content (AvgIpc) is 2.45. The van der Waals surface area contributed by atoms with Gasteiger partial charge in [-0.15, -0.1) is 6.58 Å². The minimum absolute atomic E-state index is 0.0798. The molecule has 0 unspecified atom stereocenters. The molecule has 0 amide bonds. The van der Waals surface area contributed by atoms with Gasteiger partial charge in [0.1, 0.15) is 0 Å². The first-order chi connectivity index (χ1) is 8.84. The molecule has 1 aromatic rings. The molecule has 0 radical (unpaired) electrons. The second-order valence-corrected chi connectivity index (χ2v) is 4.56. The maximum atomic E-state index is 10.8. The molecule has 0 saturated carbocycles. The summed E-state index contributed by atoms with van der Waals surface area (Å²) in [5.41, 5.74) is -1.92. The van der Waals surface area contributed by atoms with Crippen LogP contribution in [0.15, 0.2) is 36.9 Å². The van der Waals surface area contributed by atoms with Crippen molar-refractivity contribution in [1.82, 2.24) is 0 Å². The SMILES string of the molecule is C=C[C@@](C)(c1cccc([N+](=O)[O-])c1)C(C)(C#N)C#N. The summed E-state index contributed by atoms with van der Waals surface area (Å²) in [5.74, 6) is 0. The van der Waals surface area contributed by atoms with E-state index in [0.29, 0.717) is 5.56 Å². The van der Waals surface area contributed by atoms with Gasteiger partial charge in [-0.05, 0) is 19.4 Å². The van der Waals surface area contributed by atoms with Crippen molar-refractivity contribution < 1.29 is 4.92 Å². The van der Waals surface area contributed by atoms with Crippen LogP contribution in [0.3, 0.4) is 0 Å². The number of hydrogen-bond donors (Lipinski definition) is 0. The van der Waals surface area contributed by atoms with Gasteiger partial charge in [0.25, 0.3) is 5.69 Å². The summed E-state index contributed by atoms with van der Waals surface area (Å²) in [6.07, 6.45) is 1.48. The molecular formula is C14H13N3O2. The Morgan fingerprint density at radius 1 is 1.37 bits per heavy atom. The van der Waals surface area contributed by atoms with E-state index in [1.807, 2.05) is 12.1 Å². The molecule has 0 spiro atoms. The van der Waals surface area contributed by atoms with Gasteiger partial charge in [-0.1, -0.05) is 18.2 Å². The van der Waals surface area contributed by atoms with Gasteiger partial charge in [0.2, 0.25) is 0 Å². The topological polar surface area (TPSA) is 90.7 Å². The summed E-state index contributed by atoms with van der Waals surface area (Å²) < 4.78 is 0. The molecule has 0 fully saturated rings. The second-order valence-electron chi connectivity index (χ2n) is 4.56. The second kappa shape index (κ2) is 4.91. The smallest absolute Gasteiger partial charge is 0.258 e. The lowest BCUT2D eigenvalue weighted by Crippen LogP contribution is -2.37. The third-order valence-electron chi connectivity index (χ3n) is 3.55. The van der Waals surface area contributed by atoms with Crippen LogP contribution in [0.4, 0.5) is 5.69 Å². The Morgan fingerprint density at radius 2 is 1.95 bits per heavy atom. The fraction of sp³-hybridized carbons (Fsp3) is 0.286. The van der Waals surface area contributed by atoms with Crippen molar-refractivity contribution in [2.24, 2.45) is 5.41 Å². The van der Waals surface area contributed by atoms with Crippen molar-refractivity contribution in [2.45, 2.75) is 19.3 Å². The largest absolute Gasteiger partial charge is 0.269 e. The standard InChI is InChI=1S/C14H13N3O2/c1-4-14(3,13(2,9-15)10-16)11-6-5-7-12(8-11)17(18)19/h4-8H,1H2,2-3H3/t14-/m0/s1. The highest BCUT2D eigenvalue weighted by molar-refractivity contribution is 5.45. The molecule has 1 aromatic carbocycles. The molecule has 0 heterocycles. The monoisotopic (exact) mass is 255 g/mol. The van der Waals surface area contributed by atoms with Gasteiger partial charge in [0, 0.05) is 17.5 Å². The molecule has 5 nitrogen and oxygen atoms in total. The highest BCUT2D eigenvalue weighted by Gasteiger charge is 2.45. The first kappa shape index (κ1) is 14.4. The number of benzene rings is 1. The predicted octanol–water partition coefficient (Wildman–Crippen LogP) is 3.09. The van der Waals surface area contributed by atoms with Crippen molar-refractivity contribution in [3.05, 3.63) is 52.6 Å². The lowest BCUT2D eigenvalue weighted by atomic mass is 9.63. The quantitative estimate of drug-likeness (QED) is 0.469. The van der Waals surface area contributed by atoms with Crippen molar-refractivity contribution in [3.63, 3.8) is 0 Å². The minimum atomic E-state index is -1.36. The van der Waals surface area contributed by atoms with Crippen molar-refractivity contribution >= 4 is 5.69 Å². The zero-order chi connectivity index (χ0) is 14.7. The van der Waals surface area contributed by atoms with Crippen molar-refractivity contribution in [3.8, 4) is 12.1 Å². The third-order valence-corrected chi connectivity index (χ3v) is 3.55. The van der Waals surface area contributed by atoms with E-state index in [0.717, 1.165) is 0 Å². The van der Waals surface area contributed by atoms with Gasteiger partial charge in [0.15, 0.2) is 5.41 Å². The maximum absolute atomic E-state index is 10.8. The highest BCUT2D eigenvalue weighted by Crippen LogP contribution is 2.42. The number of non-ortho nitro benzene ring substituents is 1. The van der Waals surface area contributed by atoms with E-state index in [4.69, 9.17) is 0 Å². The van der Waals surface area contributed by atoms with Crippen LogP contribution in [0.1, 0.15) is 19.4 Å². The van der Waals surface area contributed by atoms with Crippen LogP contribution in [0.25, 0.3) is 0 Å². The van der Waals surface area contributed by atoms with Crippen LogP contribution in [0.5, 0.6) is 0 Å². The fourth-order valence-electron chi connectivity index (χ4n) is 1.81. The molecular weight excluding hydrogens is 242 g/mol. The third kappa shape index (κ3) is 2.19. The summed E-state index contributed by atoms with van der Waals surface area (Å²) in [5, 5.41) is 29.3. The Kier molecular flexibility index (Phi) is 3.72. The first-order valence-corrected chi connectivity index (χ1v) is 5.55. The first-order valence-electron chi connectivity index (χ1n) is 5.55. The van der Waals surface area contributed by atoms with Gasteiger partial charge in [-0.25, -0.2) is 0 Å². The molecule has 96 valence electrons. The number of nitrogens with zero attached hydrogens (tertiary/aromatic N) is 3. The number of rotatable bonds is 4.